The molecule has 0 saturated carbocycles. The summed E-state index contributed by atoms with van der Waals surface area (Å²) in [4.78, 5) is 30.2. The van der Waals surface area contributed by atoms with Gasteiger partial charge in [0.25, 0.3) is 5.91 Å². The van der Waals surface area contributed by atoms with Crippen molar-refractivity contribution in [2.45, 2.75) is 10.6 Å². The number of nitrogens with zero attached hydrogens (tertiary/aromatic N) is 4. The SMILES string of the molecule is COCC(=O)c1nn(-c2cccc(C(=O)N3CCN(C)CC3)c2)c2c1CS(=O)(=O)c1ccccc1-2. The van der Waals surface area contributed by atoms with Crippen LogP contribution in [-0.4, -0.2) is 86.6 Å². The van der Waals surface area contributed by atoms with Crippen LogP contribution in [0, 0.1) is 0 Å². The molecule has 0 aliphatic carbocycles. The topological polar surface area (TPSA) is 102 Å². The van der Waals surface area contributed by atoms with Crippen molar-refractivity contribution in [3.8, 4) is 16.9 Å². The molecule has 0 spiro atoms. The van der Waals surface area contributed by atoms with E-state index >= 15 is 0 Å². The summed E-state index contributed by atoms with van der Waals surface area (Å²) in [6.07, 6.45) is 0. The Labute approximate surface area is 203 Å². The van der Waals surface area contributed by atoms with Gasteiger partial charge < -0.3 is 14.5 Å². The Morgan fingerprint density at radius 2 is 1.77 bits per heavy atom. The zero-order valence-electron chi connectivity index (χ0n) is 19.6. The summed E-state index contributed by atoms with van der Waals surface area (Å²) in [6.45, 7) is 2.71. The van der Waals surface area contributed by atoms with Gasteiger partial charge in [-0.25, -0.2) is 13.1 Å². The van der Waals surface area contributed by atoms with Crippen molar-refractivity contribution in [3.63, 3.8) is 0 Å². The molecule has 35 heavy (non-hydrogen) atoms. The molecule has 0 N–H and O–H groups in total. The number of aromatic nitrogens is 2. The van der Waals surface area contributed by atoms with Crippen LogP contribution in [0.3, 0.4) is 0 Å². The number of hydrogen-bond donors (Lipinski definition) is 0. The third-order valence-corrected chi connectivity index (χ3v) is 8.16. The van der Waals surface area contributed by atoms with Crippen molar-refractivity contribution < 1.29 is 22.7 Å². The smallest absolute Gasteiger partial charge is 0.254 e. The molecule has 9 nitrogen and oxygen atoms in total. The van der Waals surface area contributed by atoms with Gasteiger partial charge in [-0.1, -0.05) is 24.3 Å². The van der Waals surface area contributed by atoms with Crippen LogP contribution in [0.2, 0.25) is 0 Å². The molecule has 1 fully saturated rings. The summed E-state index contributed by atoms with van der Waals surface area (Å²) >= 11 is 0. The van der Waals surface area contributed by atoms with E-state index in [-0.39, 0.29) is 28.9 Å². The quantitative estimate of drug-likeness (QED) is 0.500. The fraction of sp³-hybridized carbons (Fsp3) is 0.320. The Kier molecular flexibility index (Phi) is 6.04. The first kappa shape index (κ1) is 23.4. The fourth-order valence-electron chi connectivity index (χ4n) is 4.64. The van der Waals surface area contributed by atoms with Crippen molar-refractivity contribution in [1.82, 2.24) is 19.6 Å². The van der Waals surface area contributed by atoms with E-state index in [0.29, 0.717) is 41.2 Å². The van der Waals surface area contributed by atoms with Crippen LogP contribution in [0.25, 0.3) is 16.9 Å². The van der Waals surface area contributed by atoms with Crippen LogP contribution < -0.4 is 0 Å². The standard InChI is InChI=1S/C25H26N4O5S/c1-27-10-12-28(13-11-27)25(31)17-6-5-7-18(14-17)29-24-19-8-3-4-9-22(19)35(32,33)16-20(24)23(26-29)21(30)15-34-2/h3-9,14H,10-13,15-16H2,1-2H3. The van der Waals surface area contributed by atoms with Gasteiger partial charge in [0.2, 0.25) is 5.78 Å². The van der Waals surface area contributed by atoms with Gasteiger partial charge in [0.05, 0.1) is 22.0 Å². The molecule has 3 heterocycles. The minimum absolute atomic E-state index is 0.0655. The molecule has 2 aliphatic heterocycles. The minimum atomic E-state index is -3.65. The Hall–Kier alpha value is -3.34. The maximum Gasteiger partial charge on any atom is 0.254 e. The number of amides is 1. The van der Waals surface area contributed by atoms with E-state index in [0.717, 1.165) is 13.1 Å². The molecule has 10 heteroatoms. The number of benzene rings is 2. The second-order valence-corrected chi connectivity index (χ2v) is 10.8. The Morgan fingerprint density at radius 3 is 2.51 bits per heavy atom. The summed E-state index contributed by atoms with van der Waals surface area (Å²) in [7, 11) is -0.212. The van der Waals surface area contributed by atoms with E-state index in [1.807, 2.05) is 11.9 Å². The first-order valence-corrected chi connectivity index (χ1v) is 13.0. The third-order valence-electron chi connectivity index (χ3n) is 6.46. The first-order chi connectivity index (χ1) is 16.8. The summed E-state index contributed by atoms with van der Waals surface area (Å²) in [5, 5.41) is 4.56. The highest BCUT2D eigenvalue weighted by molar-refractivity contribution is 7.90. The van der Waals surface area contributed by atoms with Crippen LogP contribution in [-0.2, 0) is 20.3 Å². The molecule has 5 rings (SSSR count). The molecular formula is C25H26N4O5S. The molecule has 0 radical (unpaired) electrons. The number of fused-ring (bicyclic) bond motifs is 3. The number of ether oxygens (including phenoxy) is 1. The molecule has 1 saturated heterocycles. The average Bonchev–Trinajstić information content (AvgIpc) is 3.23. The van der Waals surface area contributed by atoms with Gasteiger partial charge in [0.15, 0.2) is 9.84 Å². The molecule has 1 aromatic heterocycles. The monoisotopic (exact) mass is 494 g/mol. The van der Waals surface area contributed by atoms with Crippen molar-refractivity contribution in [2.75, 3.05) is 46.9 Å². The number of methoxy groups -OCH3 is 1. The summed E-state index contributed by atoms with van der Waals surface area (Å²) < 4.78 is 32.6. The van der Waals surface area contributed by atoms with Crippen LogP contribution in [0.1, 0.15) is 26.4 Å². The highest BCUT2D eigenvalue weighted by atomic mass is 32.2. The second kappa shape index (κ2) is 9.03. The van der Waals surface area contributed by atoms with Gasteiger partial charge in [0, 0.05) is 50.0 Å². The fourth-order valence-corrected chi connectivity index (χ4v) is 6.23. The number of likely N-dealkylation sites (N-methyl/N-ethyl adjacent to an activating group) is 1. The third kappa shape index (κ3) is 4.18. The van der Waals surface area contributed by atoms with Crippen LogP contribution in [0.4, 0.5) is 0 Å². The Morgan fingerprint density at radius 1 is 1.03 bits per heavy atom. The summed E-state index contributed by atoms with van der Waals surface area (Å²) in [6, 6.07) is 13.8. The van der Waals surface area contributed by atoms with Gasteiger partial charge in [0.1, 0.15) is 12.3 Å². The zero-order valence-corrected chi connectivity index (χ0v) is 20.4. The van der Waals surface area contributed by atoms with Gasteiger partial charge >= 0.3 is 0 Å². The van der Waals surface area contributed by atoms with E-state index in [9.17, 15) is 18.0 Å². The lowest BCUT2D eigenvalue weighted by atomic mass is 10.0. The lowest BCUT2D eigenvalue weighted by Crippen LogP contribution is -2.47. The number of piperazine rings is 1. The summed E-state index contributed by atoms with van der Waals surface area (Å²) in [5.41, 5.74) is 2.52. The van der Waals surface area contributed by atoms with Crippen molar-refractivity contribution in [3.05, 3.63) is 65.4 Å². The van der Waals surface area contributed by atoms with E-state index < -0.39 is 15.6 Å². The number of carbonyl (C=O) groups is 2. The highest BCUT2D eigenvalue weighted by Crippen LogP contribution is 2.40. The second-order valence-electron chi connectivity index (χ2n) is 8.84. The largest absolute Gasteiger partial charge is 0.376 e. The van der Waals surface area contributed by atoms with E-state index in [2.05, 4.69) is 10.00 Å². The summed E-state index contributed by atoms with van der Waals surface area (Å²) in [5.74, 6) is -0.800. The van der Waals surface area contributed by atoms with Gasteiger partial charge in [-0.3, -0.25) is 9.59 Å². The van der Waals surface area contributed by atoms with Crippen molar-refractivity contribution in [1.29, 1.82) is 0 Å². The van der Waals surface area contributed by atoms with E-state index in [1.54, 1.807) is 53.2 Å². The predicted molar refractivity (Wildman–Crippen MR) is 129 cm³/mol. The zero-order chi connectivity index (χ0) is 24.7. The van der Waals surface area contributed by atoms with Gasteiger partial charge in [-0.15, -0.1) is 0 Å². The van der Waals surface area contributed by atoms with Crippen LogP contribution in [0.5, 0.6) is 0 Å². The van der Waals surface area contributed by atoms with Gasteiger partial charge in [-0.2, -0.15) is 5.10 Å². The Bertz CT molecular complexity index is 1420. The van der Waals surface area contributed by atoms with Gasteiger partial charge in [-0.05, 0) is 31.3 Å². The molecule has 1 amide bonds. The molecule has 0 unspecified atom stereocenters. The van der Waals surface area contributed by atoms with Crippen molar-refractivity contribution >= 4 is 21.5 Å². The molecule has 2 aromatic carbocycles. The van der Waals surface area contributed by atoms with Crippen LogP contribution >= 0.6 is 0 Å². The normalized spacial score (nSPS) is 17.0. The number of sulfone groups is 1. The van der Waals surface area contributed by atoms with E-state index in [4.69, 9.17) is 4.74 Å². The van der Waals surface area contributed by atoms with Crippen molar-refractivity contribution in [2.24, 2.45) is 0 Å². The number of hydrogen-bond acceptors (Lipinski definition) is 7. The molecule has 3 aromatic rings. The number of carbonyl (C=O) groups excluding carboxylic acids is 2. The number of ketones is 1. The predicted octanol–water partition coefficient (Wildman–Crippen LogP) is 2.04. The van der Waals surface area contributed by atoms with E-state index in [1.165, 1.54) is 7.11 Å². The molecule has 2 aliphatic rings. The average molecular weight is 495 g/mol. The molecule has 182 valence electrons. The highest BCUT2D eigenvalue weighted by Gasteiger charge is 2.36. The maximum atomic E-state index is 13.2. The molecule has 0 atom stereocenters. The number of rotatable bonds is 5. The Balaban J connectivity index is 1.64. The lowest BCUT2D eigenvalue weighted by molar-refractivity contribution is 0.0664. The molecular weight excluding hydrogens is 468 g/mol. The molecule has 0 bridgehead atoms. The minimum Gasteiger partial charge on any atom is -0.376 e. The maximum absolute atomic E-state index is 13.2. The lowest BCUT2D eigenvalue weighted by Gasteiger charge is -2.32. The number of Topliss-reactive ketones (excluding diaryl/α,β-unsaturated/α-hetero) is 1. The van der Waals surface area contributed by atoms with Crippen LogP contribution in [0.15, 0.2) is 53.4 Å². The first-order valence-electron chi connectivity index (χ1n) is 11.3.